The summed E-state index contributed by atoms with van der Waals surface area (Å²) in [5.41, 5.74) is 0. The number of rotatable bonds is 5. The number of halogens is 3. The molecule has 4 nitrogen and oxygen atoms in total. The molecule has 0 aliphatic carbocycles. The van der Waals surface area contributed by atoms with Crippen LogP contribution < -0.4 is 5.14 Å². The molecule has 0 saturated carbocycles. The summed E-state index contributed by atoms with van der Waals surface area (Å²) in [5, 5.41) is 4.68. The van der Waals surface area contributed by atoms with Crippen LogP contribution in [0.5, 0.6) is 0 Å². The molecular weight excluding hydrogens is 221 g/mol. The third-order valence-electron chi connectivity index (χ3n) is 1.42. The van der Waals surface area contributed by atoms with Crippen molar-refractivity contribution in [2.24, 2.45) is 5.14 Å². The largest absolute Gasteiger partial charge is 0.401 e. The highest BCUT2D eigenvalue weighted by Gasteiger charge is 2.28. The minimum atomic E-state index is -4.25. The van der Waals surface area contributed by atoms with Gasteiger partial charge in [-0.1, -0.05) is 0 Å². The number of alkyl halides is 3. The van der Waals surface area contributed by atoms with Gasteiger partial charge >= 0.3 is 6.18 Å². The fourth-order valence-electron chi connectivity index (χ4n) is 0.921. The lowest BCUT2D eigenvalue weighted by molar-refractivity contribution is -0.142. The second kappa shape index (κ2) is 4.94. The Kier molecular flexibility index (Phi) is 4.82. The molecule has 2 N–H and O–H groups in total. The molecule has 8 heteroatoms. The van der Waals surface area contributed by atoms with Gasteiger partial charge in [0.15, 0.2) is 0 Å². The van der Waals surface area contributed by atoms with E-state index in [-0.39, 0.29) is 18.7 Å². The summed E-state index contributed by atoms with van der Waals surface area (Å²) < 4.78 is 56.2. The summed E-state index contributed by atoms with van der Waals surface area (Å²) in [6, 6.07) is 0. The fraction of sp³-hybridized carbons (Fsp3) is 1.00. The topological polar surface area (TPSA) is 63.4 Å². The zero-order valence-electron chi connectivity index (χ0n) is 7.71. The van der Waals surface area contributed by atoms with Gasteiger partial charge in [0.25, 0.3) is 0 Å². The van der Waals surface area contributed by atoms with Gasteiger partial charge in [-0.25, -0.2) is 13.6 Å². The zero-order chi connectivity index (χ0) is 11.4. The third-order valence-corrected chi connectivity index (χ3v) is 2.28. The molecule has 0 aliphatic rings. The van der Waals surface area contributed by atoms with Gasteiger partial charge in [0.1, 0.15) is 0 Å². The maximum atomic E-state index is 11.8. The summed E-state index contributed by atoms with van der Waals surface area (Å²) in [4.78, 5) is 1.01. The Bertz CT molecular complexity index is 263. The van der Waals surface area contributed by atoms with Gasteiger partial charge in [-0.05, 0) is 20.0 Å². The van der Waals surface area contributed by atoms with Crippen molar-refractivity contribution in [2.75, 3.05) is 25.9 Å². The van der Waals surface area contributed by atoms with Gasteiger partial charge in [0, 0.05) is 0 Å². The van der Waals surface area contributed by atoms with Crippen LogP contribution in [0.3, 0.4) is 0 Å². The molecule has 0 amide bonds. The lowest BCUT2D eigenvalue weighted by Gasteiger charge is -2.17. The standard InChI is InChI=1S/C6H13F3N2O2S/c1-11(5-6(7,8)9)3-2-4-14(10,12)13/h2-5H2,1H3,(H2,10,12,13). The second-order valence-corrected chi connectivity index (χ2v) is 4.81. The Morgan fingerprint density at radius 3 is 2.21 bits per heavy atom. The molecule has 0 radical (unpaired) electrons. The highest BCUT2D eigenvalue weighted by atomic mass is 32.2. The minimum absolute atomic E-state index is 0.0515. The van der Waals surface area contributed by atoms with E-state index in [1.165, 1.54) is 7.05 Å². The van der Waals surface area contributed by atoms with Crippen molar-refractivity contribution in [3.05, 3.63) is 0 Å². The second-order valence-electron chi connectivity index (χ2n) is 3.07. The Labute approximate surface area is 80.9 Å². The molecule has 0 aromatic heterocycles. The van der Waals surface area contributed by atoms with Crippen molar-refractivity contribution in [3.63, 3.8) is 0 Å². The number of primary sulfonamides is 1. The average molecular weight is 234 g/mol. The van der Waals surface area contributed by atoms with Gasteiger partial charge in [0.2, 0.25) is 10.0 Å². The molecule has 0 spiro atoms. The van der Waals surface area contributed by atoms with Crippen molar-refractivity contribution >= 4 is 10.0 Å². The first-order chi connectivity index (χ1) is 6.10. The van der Waals surface area contributed by atoms with E-state index >= 15 is 0 Å². The van der Waals surface area contributed by atoms with Gasteiger partial charge in [-0.2, -0.15) is 13.2 Å². The third kappa shape index (κ3) is 9.75. The van der Waals surface area contributed by atoms with Crippen molar-refractivity contribution < 1.29 is 21.6 Å². The molecule has 0 rings (SSSR count). The SMILES string of the molecule is CN(CCCS(N)(=O)=O)CC(F)(F)F. The monoisotopic (exact) mass is 234 g/mol. The van der Waals surface area contributed by atoms with Crippen LogP contribution in [0.25, 0.3) is 0 Å². The van der Waals surface area contributed by atoms with Gasteiger partial charge in [-0.15, -0.1) is 0 Å². The molecule has 0 fully saturated rings. The first-order valence-corrected chi connectivity index (χ1v) is 5.57. The maximum Gasteiger partial charge on any atom is 0.401 e. The Hall–Kier alpha value is -0.340. The summed E-state index contributed by atoms with van der Waals surface area (Å²) in [6.45, 7) is -0.993. The average Bonchev–Trinajstić information content (AvgIpc) is 1.78. The number of hydrogen-bond acceptors (Lipinski definition) is 3. The maximum absolute atomic E-state index is 11.8. The quantitative estimate of drug-likeness (QED) is 0.737. The van der Waals surface area contributed by atoms with Crippen LogP contribution in [-0.2, 0) is 10.0 Å². The van der Waals surface area contributed by atoms with E-state index in [4.69, 9.17) is 0 Å². The Morgan fingerprint density at radius 1 is 1.36 bits per heavy atom. The number of sulfonamides is 1. The zero-order valence-corrected chi connectivity index (χ0v) is 8.53. The molecule has 0 aliphatic heterocycles. The van der Waals surface area contributed by atoms with E-state index in [1.54, 1.807) is 0 Å². The van der Waals surface area contributed by atoms with Gasteiger partial charge in [-0.3, -0.25) is 4.90 Å². The molecule has 0 heterocycles. The van der Waals surface area contributed by atoms with Gasteiger partial charge in [0.05, 0.1) is 12.3 Å². The van der Waals surface area contributed by atoms with Crippen molar-refractivity contribution in [3.8, 4) is 0 Å². The smallest absolute Gasteiger partial charge is 0.298 e. The van der Waals surface area contributed by atoms with E-state index in [9.17, 15) is 21.6 Å². The molecule has 0 bridgehead atoms. The lowest BCUT2D eigenvalue weighted by atomic mass is 10.4. The summed E-state index contributed by atoms with van der Waals surface area (Å²) in [7, 11) is -2.30. The minimum Gasteiger partial charge on any atom is -0.298 e. The first-order valence-electron chi connectivity index (χ1n) is 3.86. The van der Waals surface area contributed by atoms with Gasteiger partial charge < -0.3 is 0 Å². The predicted octanol–water partition coefficient (Wildman–Crippen LogP) is 0.159. The van der Waals surface area contributed by atoms with Crippen molar-refractivity contribution in [1.29, 1.82) is 0 Å². The van der Waals surface area contributed by atoms with E-state index in [2.05, 4.69) is 5.14 Å². The molecule has 14 heavy (non-hydrogen) atoms. The normalized spacial score (nSPS) is 13.6. The van der Waals surface area contributed by atoms with Crippen molar-refractivity contribution in [2.45, 2.75) is 12.6 Å². The van der Waals surface area contributed by atoms with Crippen LogP contribution in [0.4, 0.5) is 13.2 Å². The summed E-state index contributed by atoms with van der Waals surface area (Å²) in [6.07, 6.45) is -4.15. The molecule has 86 valence electrons. The van der Waals surface area contributed by atoms with E-state index < -0.39 is 22.7 Å². The number of nitrogens with zero attached hydrogens (tertiary/aromatic N) is 1. The van der Waals surface area contributed by atoms with Crippen molar-refractivity contribution in [1.82, 2.24) is 4.90 Å². The molecular formula is C6H13F3N2O2S. The molecule has 0 aromatic carbocycles. The predicted molar refractivity (Wildman–Crippen MR) is 46.1 cm³/mol. The Balaban J connectivity index is 3.71. The molecule has 0 saturated heterocycles. The molecule has 0 atom stereocenters. The summed E-state index contributed by atoms with van der Waals surface area (Å²) >= 11 is 0. The van der Waals surface area contributed by atoms with E-state index in [0.29, 0.717) is 0 Å². The molecule has 0 unspecified atom stereocenters. The lowest BCUT2D eigenvalue weighted by Crippen LogP contribution is -2.32. The van der Waals surface area contributed by atoms with Crippen LogP contribution in [0, 0.1) is 0 Å². The highest BCUT2D eigenvalue weighted by Crippen LogP contribution is 2.15. The van der Waals surface area contributed by atoms with E-state index in [0.717, 1.165) is 4.90 Å². The number of hydrogen-bond donors (Lipinski definition) is 1. The first kappa shape index (κ1) is 13.7. The van der Waals surface area contributed by atoms with Crippen LogP contribution >= 0.6 is 0 Å². The van der Waals surface area contributed by atoms with E-state index in [1.807, 2.05) is 0 Å². The van der Waals surface area contributed by atoms with Crippen LogP contribution in [0.1, 0.15) is 6.42 Å². The highest BCUT2D eigenvalue weighted by molar-refractivity contribution is 7.89. The molecule has 0 aromatic rings. The van der Waals surface area contributed by atoms with Crippen LogP contribution in [0.2, 0.25) is 0 Å². The fourth-order valence-corrected chi connectivity index (χ4v) is 1.45. The van der Waals surface area contributed by atoms with Crippen LogP contribution in [-0.4, -0.2) is 45.4 Å². The Morgan fingerprint density at radius 2 is 1.86 bits per heavy atom. The van der Waals surface area contributed by atoms with Crippen LogP contribution in [0.15, 0.2) is 0 Å². The number of nitrogens with two attached hydrogens (primary N) is 1. The summed E-state index contributed by atoms with van der Waals surface area (Å²) in [5.74, 6) is -0.296.